The molecule has 0 saturated carbocycles. The summed E-state index contributed by atoms with van der Waals surface area (Å²) in [4.78, 5) is 9.37. The van der Waals surface area contributed by atoms with Crippen molar-refractivity contribution >= 4 is 5.82 Å². The molecule has 1 aliphatic heterocycles. The smallest absolute Gasteiger partial charge is 0.140 e. The zero-order chi connectivity index (χ0) is 13.0. The summed E-state index contributed by atoms with van der Waals surface area (Å²) in [6.45, 7) is 6.61. The van der Waals surface area contributed by atoms with E-state index in [4.69, 9.17) is 5.84 Å². The number of hydrogen-bond acceptors (Lipinski definition) is 5. The molecular formula is C13H23N5. The summed E-state index contributed by atoms with van der Waals surface area (Å²) in [5.74, 6) is 6.12. The van der Waals surface area contributed by atoms with Crippen LogP contribution in [-0.2, 0) is 6.54 Å². The Kier molecular flexibility index (Phi) is 4.52. The van der Waals surface area contributed by atoms with Crippen LogP contribution in [0.15, 0.2) is 18.2 Å². The maximum absolute atomic E-state index is 5.39. The van der Waals surface area contributed by atoms with Gasteiger partial charge in [-0.3, -0.25) is 4.90 Å². The second-order valence-electron chi connectivity index (χ2n) is 5.09. The maximum atomic E-state index is 5.39. The van der Waals surface area contributed by atoms with E-state index in [1.165, 1.54) is 13.0 Å². The van der Waals surface area contributed by atoms with Gasteiger partial charge in [0.25, 0.3) is 0 Å². The number of pyridine rings is 1. The fourth-order valence-electron chi connectivity index (χ4n) is 2.51. The molecule has 1 atom stereocenters. The molecular weight excluding hydrogens is 226 g/mol. The lowest BCUT2D eigenvalue weighted by molar-refractivity contribution is 0.192. The van der Waals surface area contributed by atoms with Crippen molar-refractivity contribution in [2.75, 3.05) is 32.1 Å². The summed E-state index contributed by atoms with van der Waals surface area (Å²) < 4.78 is 0. The van der Waals surface area contributed by atoms with Crippen LogP contribution in [0.5, 0.6) is 0 Å². The molecule has 1 aliphatic rings. The number of hydrazine groups is 1. The SMILES string of the molecule is CC1CN(C)CCCN1Cc1cccc(NN)n1. The molecule has 3 N–H and O–H groups in total. The van der Waals surface area contributed by atoms with Gasteiger partial charge in [0, 0.05) is 25.7 Å². The third-order valence-electron chi connectivity index (χ3n) is 3.50. The van der Waals surface area contributed by atoms with Gasteiger partial charge in [0.15, 0.2) is 0 Å². The van der Waals surface area contributed by atoms with Crippen molar-refractivity contribution in [2.45, 2.75) is 25.9 Å². The van der Waals surface area contributed by atoms with E-state index in [1.807, 2.05) is 12.1 Å². The summed E-state index contributed by atoms with van der Waals surface area (Å²) in [5, 5.41) is 0. The molecule has 1 fully saturated rings. The minimum atomic E-state index is 0.564. The Morgan fingerprint density at radius 1 is 1.44 bits per heavy atom. The average molecular weight is 249 g/mol. The molecule has 0 radical (unpaired) electrons. The molecule has 5 heteroatoms. The number of rotatable bonds is 3. The van der Waals surface area contributed by atoms with Crippen LogP contribution in [0.1, 0.15) is 19.0 Å². The fourth-order valence-corrected chi connectivity index (χ4v) is 2.51. The molecule has 0 aliphatic carbocycles. The first-order chi connectivity index (χ1) is 8.69. The zero-order valence-corrected chi connectivity index (χ0v) is 11.3. The molecule has 1 saturated heterocycles. The van der Waals surface area contributed by atoms with Crippen molar-refractivity contribution in [2.24, 2.45) is 5.84 Å². The van der Waals surface area contributed by atoms with Crippen LogP contribution in [0.4, 0.5) is 5.82 Å². The van der Waals surface area contributed by atoms with Crippen LogP contribution in [0, 0.1) is 0 Å². The van der Waals surface area contributed by atoms with Crippen molar-refractivity contribution in [1.82, 2.24) is 14.8 Å². The highest BCUT2D eigenvalue weighted by molar-refractivity contribution is 5.33. The minimum Gasteiger partial charge on any atom is -0.308 e. The number of nitrogen functional groups attached to an aromatic ring is 1. The topological polar surface area (TPSA) is 57.4 Å². The molecule has 0 bridgehead atoms. The lowest BCUT2D eigenvalue weighted by Gasteiger charge is -2.27. The Morgan fingerprint density at radius 2 is 2.28 bits per heavy atom. The standard InChI is InChI=1S/C13H23N5/c1-11-9-17(2)7-4-8-18(11)10-12-5-3-6-13(15-12)16-14/h3,5-6,11H,4,7-10,14H2,1-2H3,(H,15,16). The first kappa shape index (κ1) is 13.3. The minimum absolute atomic E-state index is 0.564. The fraction of sp³-hybridized carbons (Fsp3) is 0.615. The lowest BCUT2D eigenvalue weighted by atomic mass is 10.2. The van der Waals surface area contributed by atoms with Gasteiger partial charge < -0.3 is 10.3 Å². The molecule has 1 unspecified atom stereocenters. The summed E-state index contributed by atoms with van der Waals surface area (Å²) in [7, 11) is 2.19. The van der Waals surface area contributed by atoms with E-state index in [0.29, 0.717) is 6.04 Å². The molecule has 100 valence electrons. The number of likely N-dealkylation sites (N-methyl/N-ethyl adjacent to an activating group) is 1. The van der Waals surface area contributed by atoms with E-state index < -0.39 is 0 Å². The third kappa shape index (κ3) is 3.41. The molecule has 1 aromatic rings. The van der Waals surface area contributed by atoms with E-state index in [0.717, 1.165) is 31.1 Å². The number of nitrogens with zero attached hydrogens (tertiary/aromatic N) is 3. The summed E-state index contributed by atoms with van der Waals surface area (Å²) in [6.07, 6.45) is 1.22. The predicted octanol–water partition coefficient (Wildman–Crippen LogP) is 0.893. The van der Waals surface area contributed by atoms with E-state index in [9.17, 15) is 0 Å². The number of nitrogens with two attached hydrogens (primary N) is 1. The van der Waals surface area contributed by atoms with Crippen LogP contribution in [-0.4, -0.2) is 47.5 Å². The van der Waals surface area contributed by atoms with E-state index in [-0.39, 0.29) is 0 Å². The Morgan fingerprint density at radius 3 is 3.06 bits per heavy atom. The quantitative estimate of drug-likeness (QED) is 0.615. The van der Waals surface area contributed by atoms with Gasteiger partial charge in [0.1, 0.15) is 5.82 Å². The summed E-state index contributed by atoms with van der Waals surface area (Å²) >= 11 is 0. The number of nitrogens with one attached hydrogen (secondary N) is 1. The molecule has 0 spiro atoms. The highest BCUT2D eigenvalue weighted by atomic mass is 15.3. The van der Waals surface area contributed by atoms with E-state index in [1.54, 1.807) is 0 Å². The monoisotopic (exact) mass is 249 g/mol. The van der Waals surface area contributed by atoms with Gasteiger partial charge in [-0.25, -0.2) is 10.8 Å². The molecule has 0 aromatic carbocycles. The summed E-state index contributed by atoms with van der Waals surface area (Å²) in [5.41, 5.74) is 3.67. The Balaban J connectivity index is 2.02. The average Bonchev–Trinajstić information content (AvgIpc) is 2.52. The van der Waals surface area contributed by atoms with Gasteiger partial charge in [-0.05, 0) is 39.1 Å². The van der Waals surface area contributed by atoms with Gasteiger partial charge in [-0.15, -0.1) is 0 Å². The number of anilines is 1. The largest absolute Gasteiger partial charge is 0.308 e. The van der Waals surface area contributed by atoms with Gasteiger partial charge in [0.05, 0.1) is 5.69 Å². The predicted molar refractivity (Wildman–Crippen MR) is 74.0 cm³/mol. The van der Waals surface area contributed by atoms with Crippen molar-refractivity contribution in [3.05, 3.63) is 23.9 Å². The normalized spacial score (nSPS) is 22.7. The van der Waals surface area contributed by atoms with Gasteiger partial charge in [0.2, 0.25) is 0 Å². The van der Waals surface area contributed by atoms with Crippen LogP contribution >= 0.6 is 0 Å². The van der Waals surface area contributed by atoms with E-state index in [2.05, 4.69) is 40.2 Å². The second kappa shape index (κ2) is 6.13. The molecule has 2 heterocycles. The maximum Gasteiger partial charge on any atom is 0.140 e. The van der Waals surface area contributed by atoms with Crippen LogP contribution in [0.3, 0.4) is 0 Å². The third-order valence-corrected chi connectivity index (χ3v) is 3.50. The number of aromatic nitrogens is 1. The second-order valence-corrected chi connectivity index (χ2v) is 5.09. The lowest BCUT2D eigenvalue weighted by Crippen LogP contribution is -2.37. The molecule has 18 heavy (non-hydrogen) atoms. The van der Waals surface area contributed by atoms with Gasteiger partial charge >= 0.3 is 0 Å². The zero-order valence-electron chi connectivity index (χ0n) is 11.3. The van der Waals surface area contributed by atoms with Crippen molar-refractivity contribution in [3.8, 4) is 0 Å². The van der Waals surface area contributed by atoms with Gasteiger partial charge in [-0.2, -0.15) is 0 Å². The first-order valence-electron chi connectivity index (χ1n) is 6.54. The molecule has 1 aromatic heterocycles. The van der Waals surface area contributed by atoms with Crippen molar-refractivity contribution < 1.29 is 0 Å². The molecule has 2 rings (SSSR count). The van der Waals surface area contributed by atoms with Crippen molar-refractivity contribution in [3.63, 3.8) is 0 Å². The summed E-state index contributed by atoms with van der Waals surface area (Å²) in [6, 6.07) is 6.49. The first-order valence-corrected chi connectivity index (χ1v) is 6.54. The molecule has 0 amide bonds. The van der Waals surface area contributed by atoms with E-state index >= 15 is 0 Å². The Bertz CT molecular complexity index is 381. The van der Waals surface area contributed by atoms with Crippen LogP contribution < -0.4 is 11.3 Å². The van der Waals surface area contributed by atoms with Gasteiger partial charge in [-0.1, -0.05) is 6.07 Å². The molecule has 5 nitrogen and oxygen atoms in total. The Hall–Kier alpha value is -1.17. The van der Waals surface area contributed by atoms with Crippen LogP contribution in [0.2, 0.25) is 0 Å². The van der Waals surface area contributed by atoms with Crippen LogP contribution in [0.25, 0.3) is 0 Å². The number of hydrogen-bond donors (Lipinski definition) is 2. The highest BCUT2D eigenvalue weighted by Gasteiger charge is 2.19. The Labute approximate surface area is 109 Å². The van der Waals surface area contributed by atoms with Crippen molar-refractivity contribution in [1.29, 1.82) is 0 Å². The highest BCUT2D eigenvalue weighted by Crippen LogP contribution is 2.13.